The summed E-state index contributed by atoms with van der Waals surface area (Å²) >= 11 is 0. The molecule has 0 spiro atoms. The fraction of sp³-hybridized carbons (Fsp3) is 0.364. The van der Waals surface area contributed by atoms with Crippen LogP contribution in [0.1, 0.15) is 33.3 Å². The Morgan fingerprint density at radius 2 is 1.66 bits per heavy atom. The number of hydrogen-bond acceptors (Lipinski definition) is 4. The fourth-order valence-electron chi connectivity index (χ4n) is 2.95. The first-order chi connectivity index (χ1) is 13.5. The van der Waals surface area contributed by atoms with E-state index in [1.807, 2.05) is 19.1 Å². The summed E-state index contributed by atoms with van der Waals surface area (Å²) in [5.41, 5.74) is 0.818. The predicted octanol–water partition coefficient (Wildman–Crippen LogP) is 4.90. The highest BCUT2D eigenvalue weighted by atomic mass is 16.5. The molecular formula is C22H28N2O5. The number of rotatable bonds is 6. The number of carboxylic acid groups (broad SMARTS) is 1. The Morgan fingerprint density at radius 3 is 2.17 bits per heavy atom. The maximum absolute atomic E-state index is 12.5. The number of hydrogen-bond donors (Lipinski definition) is 2. The lowest BCUT2D eigenvalue weighted by Gasteiger charge is -2.37. The Balaban J connectivity index is 2.09. The SMILES string of the molecule is COc1ccc(C)c(Oc2ccc(NC(=O)[C@@H](C)N(C(=O)O)C(C)(C)C)cc2)c1. The van der Waals surface area contributed by atoms with Gasteiger partial charge in [0.05, 0.1) is 7.11 Å². The van der Waals surface area contributed by atoms with Gasteiger partial charge in [-0.3, -0.25) is 9.69 Å². The third-order valence-corrected chi connectivity index (χ3v) is 4.44. The Hall–Kier alpha value is -3.22. The average Bonchev–Trinajstić information content (AvgIpc) is 2.63. The highest BCUT2D eigenvalue weighted by Crippen LogP contribution is 2.29. The molecule has 1 atom stereocenters. The molecule has 7 nitrogen and oxygen atoms in total. The fourth-order valence-corrected chi connectivity index (χ4v) is 2.95. The second kappa shape index (κ2) is 8.86. The molecule has 7 heteroatoms. The Labute approximate surface area is 171 Å². The number of carbonyl (C=O) groups excluding carboxylic acids is 1. The van der Waals surface area contributed by atoms with Gasteiger partial charge in [0.2, 0.25) is 5.91 Å². The van der Waals surface area contributed by atoms with Crippen LogP contribution in [0.5, 0.6) is 17.2 Å². The van der Waals surface area contributed by atoms with E-state index >= 15 is 0 Å². The molecule has 156 valence electrons. The molecular weight excluding hydrogens is 372 g/mol. The van der Waals surface area contributed by atoms with Gasteiger partial charge in [0.15, 0.2) is 0 Å². The van der Waals surface area contributed by atoms with Gasteiger partial charge in [-0.1, -0.05) is 6.07 Å². The zero-order chi connectivity index (χ0) is 21.8. The molecule has 2 aromatic rings. The monoisotopic (exact) mass is 400 g/mol. The van der Waals surface area contributed by atoms with Gasteiger partial charge in [0.1, 0.15) is 23.3 Å². The summed E-state index contributed by atoms with van der Waals surface area (Å²) < 4.78 is 11.1. The second-order valence-corrected chi connectivity index (χ2v) is 7.75. The maximum Gasteiger partial charge on any atom is 0.408 e. The van der Waals surface area contributed by atoms with Crippen LogP contribution >= 0.6 is 0 Å². The number of nitrogens with zero attached hydrogens (tertiary/aromatic N) is 1. The quantitative estimate of drug-likeness (QED) is 0.720. The summed E-state index contributed by atoms with van der Waals surface area (Å²) in [5.74, 6) is 1.58. The van der Waals surface area contributed by atoms with Crippen LogP contribution in [-0.4, -0.2) is 40.7 Å². The molecule has 0 saturated carbocycles. The number of ether oxygens (including phenoxy) is 2. The number of methoxy groups -OCH3 is 1. The smallest absolute Gasteiger partial charge is 0.408 e. The van der Waals surface area contributed by atoms with Gasteiger partial charge in [0.25, 0.3) is 0 Å². The number of benzene rings is 2. The summed E-state index contributed by atoms with van der Waals surface area (Å²) in [6.45, 7) is 8.75. The first-order valence-electron chi connectivity index (χ1n) is 9.28. The second-order valence-electron chi connectivity index (χ2n) is 7.75. The van der Waals surface area contributed by atoms with E-state index in [0.29, 0.717) is 22.9 Å². The summed E-state index contributed by atoms with van der Waals surface area (Å²) in [6.07, 6.45) is -1.14. The Bertz CT molecular complexity index is 872. The molecule has 0 saturated heterocycles. The van der Waals surface area contributed by atoms with Crippen molar-refractivity contribution in [3.05, 3.63) is 48.0 Å². The highest BCUT2D eigenvalue weighted by molar-refractivity contribution is 5.96. The largest absolute Gasteiger partial charge is 0.497 e. The standard InChI is InChI=1S/C22H28N2O5/c1-14-7-10-18(28-6)13-19(14)29-17-11-8-16(9-12-17)23-20(25)15(2)24(21(26)27)22(3,4)5/h7-13,15H,1-6H3,(H,23,25)(H,26,27)/t15-/m1/s1. The van der Waals surface area contributed by atoms with E-state index < -0.39 is 23.6 Å². The topological polar surface area (TPSA) is 88.1 Å². The summed E-state index contributed by atoms with van der Waals surface area (Å²) in [6, 6.07) is 11.6. The Kier molecular flexibility index (Phi) is 6.74. The molecule has 0 aliphatic rings. The van der Waals surface area contributed by atoms with Crippen LogP contribution in [0.2, 0.25) is 0 Å². The van der Waals surface area contributed by atoms with Crippen LogP contribution in [0.3, 0.4) is 0 Å². The average molecular weight is 400 g/mol. The van der Waals surface area contributed by atoms with E-state index in [2.05, 4.69) is 5.32 Å². The summed E-state index contributed by atoms with van der Waals surface area (Å²) in [7, 11) is 1.60. The molecule has 0 unspecified atom stereocenters. The first-order valence-corrected chi connectivity index (χ1v) is 9.28. The van der Waals surface area contributed by atoms with Gasteiger partial charge in [-0.25, -0.2) is 4.79 Å². The van der Waals surface area contributed by atoms with E-state index in [1.54, 1.807) is 65.1 Å². The Morgan fingerprint density at radius 1 is 1.07 bits per heavy atom. The summed E-state index contributed by atoms with van der Waals surface area (Å²) in [5, 5.41) is 12.2. The van der Waals surface area contributed by atoms with Crippen LogP contribution in [0.4, 0.5) is 10.5 Å². The number of aryl methyl sites for hydroxylation is 1. The van der Waals surface area contributed by atoms with E-state index in [4.69, 9.17) is 9.47 Å². The van der Waals surface area contributed by atoms with Crippen LogP contribution in [0.25, 0.3) is 0 Å². The zero-order valence-electron chi connectivity index (χ0n) is 17.6. The molecule has 0 aliphatic carbocycles. The molecule has 0 heterocycles. The lowest BCUT2D eigenvalue weighted by molar-refractivity contribution is -0.121. The minimum atomic E-state index is -1.14. The van der Waals surface area contributed by atoms with Gasteiger partial charge < -0.3 is 19.9 Å². The first kappa shape index (κ1) is 22.1. The van der Waals surface area contributed by atoms with Gasteiger partial charge in [-0.15, -0.1) is 0 Å². The number of anilines is 1. The molecule has 0 aliphatic heterocycles. The van der Waals surface area contributed by atoms with Crippen molar-refractivity contribution < 1.29 is 24.2 Å². The lowest BCUT2D eigenvalue weighted by Crippen LogP contribution is -2.54. The lowest BCUT2D eigenvalue weighted by atomic mass is 10.0. The van der Waals surface area contributed by atoms with Gasteiger partial charge in [0, 0.05) is 17.3 Å². The zero-order valence-corrected chi connectivity index (χ0v) is 17.6. The third-order valence-electron chi connectivity index (χ3n) is 4.44. The van der Waals surface area contributed by atoms with E-state index in [1.165, 1.54) is 0 Å². The van der Waals surface area contributed by atoms with Crippen LogP contribution in [-0.2, 0) is 4.79 Å². The van der Waals surface area contributed by atoms with Gasteiger partial charge in [-0.2, -0.15) is 0 Å². The van der Waals surface area contributed by atoms with Gasteiger partial charge >= 0.3 is 6.09 Å². The number of amides is 2. The van der Waals surface area contributed by atoms with Crippen molar-refractivity contribution in [3.63, 3.8) is 0 Å². The van der Waals surface area contributed by atoms with Crippen molar-refractivity contribution in [2.24, 2.45) is 0 Å². The molecule has 2 rings (SSSR count). The molecule has 0 fully saturated rings. The summed E-state index contributed by atoms with van der Waals surface area (Å²) in [4.78, 5) is 25.2. The molecule has 0 bridgehead atoms. The van der Waals surface area contributed by atoms with Crippen molar-refractivity contribution >= 4 is 17.7 Å². The molecule has 29 heavy (non-hydrogen) atoms. The van der Waals surface area contributed by atoms with E-state index in [0.717, 1.165) is 10.5 Å². The van der Waals surface area contributed by atoms with Crippen molar-refractivity contribution in [1.29, 1.82) is 0 Å². The third kappa shape index (κ3) is 5.63. The normalized spacial score (nSPS) is 12.1. The van der Waals surface area contributed by atoms with Crippen LogP contribution in [0, 0.1) is 6.92 Å². The minimum absolute atomic E-state index is 0.403. The molecule has 2 aromatic carbocycles. The molecule has 0 radical (unpaired) electrons. The van der Waals surface area contributed by atoms with Crippen molar-refractivity contribution in [2.75, 3.05) is 12.4 Å². The van der Waals surface area contributed by atoms with Crippen molar-refractivity contribution in [1.82, 2.24) is 4.90 Å². The number of nitrogens with one attached hydrogen (secondary N) is 1. The predicted molar refractivity (Wildman–Crippen MR) is 112 cm³/mol. The van der Waals surface area contributed by atoms with Crippen molar-refractivity contribution in [2.45, 2.75) is 46.2 Å². The van der Waals surface area contributed by atoms with E-state index in [9.17, 15) is 14.7 Å². The molecule has 2 amide bonds. The van der Waals surface area contributed by atoms with Gasteiger partial charge in [-0.05, 0) is 70.5 Å². The molecule has 2 N–H and O–H groups in total. The van der Waals surface area contributed by atoms with E-state index in [-0.39, 0.29) is 0 Å². The van der Waals surface area contributed by atoms with Crippen molar-refractivity contribution in [3.8, 4) is 17.2 Å². The minimum Gasteiger partial charge on any atom is -0.497 e. The van der Waals surface area contributed by atoms with Crippen LogP contribution < -0.4 is 14.8 Å². The maximum atomic E-state index is 12.5. The molecule has 0 aromatic heterocycles. The highest BCUT2D eigenvalue weighted by Gasteiger charge is 2.34. The van der Waals surface area contributed by atoms with Crippen LogP contribution in [0.15, 0.2) is 42.5 Å². The number of carbonyl (C=O) groups is 2.